The SMILES string of the molecule is O=C(COC(=O)/C=C/c1cc(Br)ccc1F)NNC(=O)c1ccccc1Cl. The van der Waals surface area contributed by atoms with Crippen LogP contribution < -0.4 is 10.9 Å². The molecule has 9 heteroatoms. The molecule has 2 amide bonds. The van der Waals surface area contributed by atoms with Gasteiger partial charge < -0.3 is 4.74 Å². The first kappa shape index (κ1) is 20.6. The number of carbonyl (C=O) groups is 3. The molecule has 0 aromatic heterocycles. The summed E-state index contributed by atoms with van der Waals surface area (Å²) in [6.45, 7) is -0.632. The zero-order chi connectivity index (χ0) is 19.8. The maximum atomic E-state index is 13.5. The van der Waals surface area contributed by atoms with Crippen molar-refractivity contribution in [2.45, 2.75) is 0 Å². The van der Waals surface area contributed by atoms with Gasteiger partial charge in [-0.3, -0.25) is 20.4 Å². The van der Waals surface area contributed by atoms with Crippen LogP contribution >= 0.6 is 27.5 Å². The molecule has 0 spiro atoms. The molecule has 0 radical (unpaired) electrons. The topological polar surface area (TPSA) is 84.5 Å². The first-order valence-electron chi connectivity index (χ1n) is 7.50. The molecule has 2 aromatic carbocycles. The van der Waals surface area contributed by atoms with E-state index in [0.717, 1.165) is 6.08 Å². The minimum absolute atomic E-state index is 0.176. The lowest BCUT2D eigenvalue weighted by Crippen LogP contribution is -2.43. The molecule has 0 atom stereocenters. The lowest BCUT2D eigenvalue weighted by molar-refractivity contribution is -0.144. The predicted octanol–water partition coefficient (Wildman–Crippen LogP) is 3.26. The highest BCUT2D eigenvalue weighted by molar-refractivity contribution is 9.10. The standard InChI is InChI=1S/C18H13BrClFN2O4/c19-12-6-7-15(21)11(9-12)5-8-17(25)27-10-16(24)22-23-18(26)13-3-1-2-4-14(13)20/h1-9H,10H2,(H,22,24)(H,23,26)/b8-5+. The second-order valence-corrected chi connectivity index (χ2v) is 6.41. The van der Waals surface area contributed by atoms with E-state index in [1.54, 1.807) is 12.1 Å². The van der Waals surface area contributed by atoms with Gasteiger partial charge in [-0.2, -0.15) is 0 Å². The van der Waals surface area contributed by atoms with Crippen LogP contribution in [-0.2, 0) is 14.3 Å². The average molecular weight is 456 g/mol. The molecular weight excluding hydrogens is 443 g/mol. The molecule has 27 heavy (non-hydrogen) atoms. The van der Waals surface area contributed by atoms with Crippen LogP contribution in [0.25, 0.3) is 6.08 Å². The summed E-state index contributed by atoms with van der Waals surface area (Å²) in [6.07, 6.45) is 2.21. The predicted molar refractivity (Wildman–Crippen MR) is 101 cm³/mol. The Morgan fingerprint density at radius 2 is 1.89 bits per heavy atom. The Hall–Kier alpha value is -2.71. The van der Waals surface area contributed by atoms with Crippen LogP contribution in [0.5, 0.6) is 0 Å². The van der Waals surface area contributed by atoms with Gasteiger partial charge in [0.1, 0.15) is 5.82 Å². The van der Waals surface area contributed by atoms with Crippen molar-refractivity contribution in [1.82, 2.24) is 10.9 Å². The average Bonchev–Trinajstić information content (AvgIpc) is 2.65. The molecule has 0 aliphatic heterocycles. The van der Waals surface area contributed by atoms with Crippen molar-refractivity contribution >= 4 is 51.4 Å². The number of ether oxygens (including phenoxy) is 1. The monoisotopic (exact) mass is 454 g/mol. The van der Waals surface area contributed by atoms with E-state index >= 15 is 0 Å². The lowest BCUT2D eigenvalue weighted by atomic mass is 10.2. The van der Waals surface area contributed by atoms with Crippen LogP contribution in [0.15, 0.2) is 53.0 Å². The smallest absolute Gasteiger partial charge is 0.331 e. The number of benzene rings is 2. The van der Waals surface area contributed by atoms with E-state index < -0.39 is 30.2 Å². The Kier molecular flexibility index (Phi) is 7.51. The van der Waals surface area contributed by atoms with Crippen LogP contribution in [0, 0.1) is 5.82 Å². The Morgan fingerprint density at radius 3 is 2.63 bits per heavy atom. The molecule has 0 fully saturated rings. The summed E-state index contributed by atoms with van der Waals surface area (Å²) < 4.78 is 18.9. The molecule has 0 heterocycles. The molecule has 6 nitrogen and oxygen atoms in total. The van der Waals surface area contributed by atoms with Gasteiger partial charge in [0.25, 0.3) is 11.8 Å². The van der Waals surface area contributed by atoms with Crippen molar-refractivity contribution in [3.8, 4) is 0 Å². The number of hydrogen-bond acceptors (Lipinski definition) is 4. The van der Waals surface area contributed by atoms with Crippen molar-refractivity contribution < 1.29 is 23.5 Å². The molecule has 2 N–H and O–H groups in total. The second kappa shape index (κ2) is 9.84. The number of carbonyl (C=O) groups excluding carboxylic acids is 3. The van der Waals surface area contributed by atoms with E-state index in [2.05, 4.69) is 26.8 Å². The Morgan fingerprint density at radius 1 is 1.15 bits per heavy atom. The normalized spacial score (nSPS) is 10.5. The van der Waals surface area contributed by atoms with Gasteiger partial charge in [-0.05, 0) is 36.4 Å². The molecular formula is C18H13BrClFN2O4. The van der Waals surface area contributed by atoms with Crippen molar-refractivity contribution in [2.24, 2.45) is 0 Å². The van der Waals surface area contributed by atoms with Gasteiger partial charge in [0.15, 0.2) is 6.61 Å². The largest absolute Gasteiger partial charge is 0.452 e. The maximum absolute atomic E-state index is 13.5. The van der Waals surface area contributed by atoms with Gasteiger partial charge in [0, 0.05) is 16.1 Å². The van der Waals surface area contributed by atoms with E-state index in [9.17, 15) is 18.8 Å². The third-order valence-electron chi connectivity index (χ3n) is 3.14. The summed E-state index contributed by atoms with van der Waals surface area (Å²) in [5.41, 5.74) is 4.59. The molecule has 0 aliphatic rings. The molecule has 0 saturated heterocycles. The zero-order valence-electron chi connectivity index (χ0n) is 13.7. The Labute approximate surface area is 167 Å². The Balaban J connectivity index is 1.79. The van der Waals surface area contributed by atoms with Gasteiger partial charge >= 0.3 is 5.97 Å². The summed E-state index contributed by atoms with van der Waals surface area (Å²) >= 11 is 9.05. The number of esters is 1. The second-order valence-electron chi connectivity index (χ2n) is 5.09. The van der Waals surface area contributed by atoms with E-state index in [1.807, 2.05) is 0 Å². The van der Waals surface area contributed by atoms with Crippen molar-refractivity contribution in [3.63, 3.8) is 0 Å². The fraction of sp³-hybridized carbons (Fsp3) is 0.0556. The summed E-state index contributed by atoms with van der Waals surface area (Å²) in [6, 6.07) is 10.5. The van der Waals surface area contributed by atoms with Crippen molar-refractivity contribution in [2.75, 3.05) is 6.61 Å². The van der Waals surface area contributed by atoms with E-state index in [1.165, 1.54) is 36.4 Å². The lowest BCUT2D eigenvalue weighted by Gasteiger charge is -2.08. The molecule has 140 valence electrons. The van der Waals surface area contributed by atoms with Gasteiger partial charge in [0.2, 0.25) is 0 Å². The van der Waals surface area contributed by atoms with Crippen LogP contribution in [0.3, 0.4) is 0 Å². The maximum Gasteiger partial charge on any atom is 0.331 e. The van der Waals surface area contributed by atoms with Crippen molar-refractivity contribution in [3.05, 3.63) is 75.0 Å². The zero-order valence-corrected chi connectivity index (χ0v) is 16.0. The van der Waals surface area contributed by atoms with Gasteiger partial charge in [-0.15, -0.1) is 0 Å². The minimum atomic E-state index is -0.845. The van der Waals surface area contributed by atoms with Crippen LogP contribution in [0.4, 0.5) is 4.39 Å². The number of halogens is 3. The quantitative estimate of drug-likeness (QED) is 0.412. The number of hydrazine groups is 1. The molecule has 2 rings (SSSR count). The summed E-state index contributed by atoms with van der Waals surface area (Å²) in [5, 5.41) is 0.223. The molecule has 2 aromatic rings. The fourth-order valence-corrected chi connectivity index (χ4v) is 2.46. The Bertz CT molecular complexity index is 905. The van der Waals surface area contributed by atoms with Gasteiger partial charge in [-0.25, -0.2) is 9.18 Å². The minimum Gasteiger partial charge on any atom is -0.452 e. The van der Waals surface area contributed by atoms with E-state index in [-0.39, 0.29) is 16.1 Å². The van der Waals surface area contributed by atoms with E-state index in [0.29, 0.717) is 4.47 Å². The summed E-state index contributed by atoms with van der Waals surface area (Å²) in [4.78, 5) is 35.1. The number of amides is 2. The third kappa shape index (κ3) is 6.50. The van der Waals surface area contributed by atoms with Gasteiger partial charge in [0.05, 0.1) is 10.6 Å². The highest BCUT2D eigenvalue weighted by Gasteiger charge is 2.11. The van der Waals surface area contributed by atoms with Crippen LogP contribution in [0.2, 0.25) is 5.02 Å². The van der Waals surface area contributed by atoms with Crippen LogP contribution in [0.1, 0.15) is 15.9 Å². The van der Waals surface area contributed by atoms with Gasteiger partial charge in [-0.1, -0.05) is 39.7 Å². The summed E-state index contributed by atoms with van der Waals surface area (Å²) in [5.74, 6) is -2.74. The number of nitrogens with one attached hydrogen (secondary N) is 2. The highest BCUT2D eigenvalue weighted by atomic mass is 79.9. The molecule has 0 unspecified atom stereocenters. The molecule has 0 bridgehead atoms. The third-order valence-corrected chi connectivity index (χ3v) is 3.96. The first-order valence-corrected chi connectivity index (χ1v) is 8.67. The fourth-order valence-electron chi connectivity index (χ4n) is 1.86. The first-order chi connectivity index (χ1) is 12.9. The highest BCUT2D eigenvalue weighted by Crippen LogP contribution is 2.16. The van der Waals surface area contributed by atoms with E-state index in [4.69, 9.17) is 16.3 Å². The number of rotatable bonds is 5. The van der Waals surface area contributed by atoms with Crippen molar-refractivity contribution in [1.29, 1.82) is 0 Å². The van der Waals surface area contributed by atoms with Crippen LogP contribution in [-0.4, -0.2) is 24.4 Å². The molecule has 0 saturated carbocycles. The summed E-state index contributed by atoms with van der Waals surface area (Å²) in [7, 11) is 0. The molecule has 0 aliphatic carbocycles. The number of hydrogen-bond donors (Lipinski definition) is 2.